The fourth-order valence-electron chi connectivity index (χ4n) is 3.53. The van der Waals surface area contributed by atoms with Crippen molar-refractivity contribution in [1.29, 1.82) is 0 Å². The number of hydrogen-bond acceptors (Lipinski definition) is 5. The number of aromatic nitrogens is 1. The van der Waals surface area contributed by atoms with Gasteiger partial charge in [0.25, 0.3) is 16.1 Å². The van der Waals surface area contributed by atoms with Gasteiger partial charge in [0.1, 0.15) is 5.82 Å². The molecule has 0 aliphatic carbocycles. The van der Waals surface area contributed by atoms with Crippen LogP contribution in [0.5, 0.6) is 0 Å². The second-order valence-corrected chi connectivity index (χ2v) is 8.91. The summed E-state index contributed by atoms with van der Waals surface area (Å²) in [6.07, 6.45) is 2.53. The van der Waals surface area contributed by atoms with Crippen molar-refractivity contribution in [3.8, 4) is 0 Å². The van der Waals surface area contributed by atoms with Crippen molar-refractivity contribution in [2.75, 3.05) is 44.2 Å². The third-order valence-corrected chi connectivity index (χ3v) is 7.22. The van der Waals surface area contributed by atoms with Gasteiger partial charge in [0, 0.05) is 45.0 Å². The Morgan fingerprint density at radius 2 is 1.62 bits per heavy atom. The van der Waals surface area contributed by atoms with Crippen LogP contribution in [0.3, 0.4) is 0 Å². The molecule has 2 saturated heterocycles. The van der Waals surface area contributed by atoms with E-state index in [-0.39, 0.29) is 0 Å². The van der Waals surface area contributed by atoms with Crippen LogP contribution in [-0.2, 0) is 10.2 Å². The number of hydrogen-bond donors (Lipinski definition) is 1. The third kappa shape index (κ3) is 3.70. The molecule has 144 valence electrons. The lowest BCUT2D eigenvalue weighted by atomic mass is 10.1. The molecule has 0 saturated carbocycles. The highest BCUT2D eigenvalue weighted by Crippen LogP contribution is 2.24. The van der Waals surface area contributed by atoms with Crippen molar-refractivity contribution < 1.29 is 13.2 Å². The lowest BCUT2D eigenvalue weighted by Gasteiger charge is -2.27. The molecule has 3 heterocycles. The summed E-state index contributed by atoms with van der Waals surface area (Å²) in [5, 5.41) is 0. The number of nitrogens with two attached hydrogens (primary N) is 1. The van der Waals surface area contributed by atoms with Crippen LogP contribution in [0.2, 0.25) is 0 Å². The molecule has 2 N–H and O–H groups in total. The molecule has 1 aromatic heterocycles. The number of carbonyl (C=O) groups is 1. The lowest BCUT2D eigenvalue weighted by molar-refractivity contribution is 0.100. The van der Waals surface area contributed by atoms with Crippen molar-refractivity contribution in [2.45, 2.75) is 33.1 Å². The normalized spacial score (nSPS) is 20.3. The van der Waals surface area contributed by atoms with Gasteiger partial charge >= 0.3 is 0 Å². The van der Waals surface area contributed by atoms with E-state index < -0.39 is 16.1 Å². The molecule has 2 fully saturated rings. The van der Waals surface area contributed by atoms with Gasteiger partial charge in [-0.05, 0) is 44.7 Å². The molecule has 2 aliphatic rings. The molecule has 2 aliphatic heterocycles. The summed E-state index contributed by atoms with van der Waals surface area (Å²) in [7, 11) is -3.40. The SMILES string of the molecule is Cc1cc(C(N)=O)c(N2CCCN(S(=O)(=O)N3CCCC3)CC2)nc1C. The maximum atomic E-state index is 12.8. The molecule has 0 radical (unpaired) electrons. The van der Waals surface area contributed by atoms with Crippen LogP contribution in [0.25, 0.3) is 0 Å². The van der Waals surface area contributed by atoms with Crippen LogP contribution in [0.4, 0.5) is 5.82 Å². The van der Waals surface area contributed by atoms with Crippen LogP contribution < -0.4 is 10.6 Å². The second-order valence-electron chi connectivity index (χ2n) is 6.98. The minimum absolute atomic E-state index is 0.381. The molecule has 8 nitrogen and oxygen atoms in total. The molecule has 3 rings (SSSR count). The molecule has 0 unspecified atom stereocenters. The average molecular weight is 382 g/mol. The fraction of sp³-hybridized carbons (Fsp3) is 0.647. The summed E-state index contributed by atoms with van der Waals surface area (Å²) in [4.78, 5) is 18.4. The van der Waals surface area contributed by atoms with E-state index in [4.69, 9.17) is 5.73 Å². The summed E-state index contributed by atoms with van der Waals surface area (Å²) in [6.45, 7) is 6.99. The van der Waals surface area contributed by atoms with Gasteiger partial charge in [-0.15, -0.1) is 0 Å². The van der Waals surface area contributed by atoms with Gasteiger partial charge in [-0.25, -0.2) is 4.98 Å². The number of nitrogens with zero attached hydrogens (tertiary/aromatic N) is 4. The van der Waals surface area contributed by atoms with Gasteiger partial charge in [-0.1, -0.05) is 0 Å². The van der Waals surface area contributed by atoms with Crippen molar-refractivity contribution in [2.24, 2.45) is 5.73 Å². The minimum atomic E-state index is -3.40. The molecular formula is C17H27N5O3S. The van der Waals surface area contributed by atoms with Gasteiger partial charge in [0.15, 0.2) is 0 Å². The van der Waals surface area contributed by atoms with E-state index in [2.05, 4.69) is 4.98 Å². The summed E-state index contributed by atoms with van der Waals surface area (Å²) >= 11 is 0. The number of amides is 1. The van der Waals surface area contributed by atoms with Crippen LogP contribution in [0, 0.1) is 13.8 Å². The smallest absolute Gasteiger partial charge is 0.282 e. The Morgan fingerprint density at radius 3 is 2.27 bits per heavy atom. The van der Waals surface area contributed by atoms with Crippen LogP contribution in [0.1, 0.15) is 40.9 Å². The van der Waals surface area contributed by atoms with Crippen LogP contribution in [-0.4, -0.2) is 67.2 Å². The monoisotopic (exact) mass is 381 g/mol. The zero-order valence-electron chi connectivity index (χ0n) is 15.4. The topological polar surface area (TPSA) is 99.8 Å². The quantitative estimate of drug-likeness (QED) is 0.825. The number of aryl methyl sites for hydroxylation is 2. The number of carbonyl (C=O) groups excluding carboxylic acids is 1. The molecular weight excluding hydrogens is 354 g/mol. The van der Waals surface area contributed by atoms with E-state index in [1.165, 1.54) is 0 Å². The van der Waals surface area contributed by atoms with E-state index in [1.807, 2.05) is 18.7 Å². The maximum Gasteiger partial charge on any atom is 0.282 e. The third-order valence-electron chi connectivity index (χ3n) is 5.18. The van der Waals surface area contributed by atoms with E-state index in [0.717, 1.165) is 24.1 Å². The van der Waals surface area contributed by atoms with Gasteiger partial charge in [0.2, 0.25) is 0 Å². The zero-order chi connectivity index (χ0) is 18.9. The molecule has 1 aromatic rings. The Hall–Kier alpha value is -1.71. The molecule has 0 atom stereocenters. The van der Waals surface area contributed by atoms with Gasteiger partial charge in [0.05, 0.1) is 5.56 Å². The molecule has 26 heavy (non-hydrogen) atoms. The lowest BCUT2D eigenvalue weighted by Crippen LogP contribution is -2.44. The Balaban J connectivity index is 1.81. The van der Waals surface area contributed by atoms with Crippen LogP contribution in [0.15, 0.2) is 6.07 Å². The molecule has 0 spiro atoms. The highest BCUT2D eigenvalue weighted by Gasteiger charge is 2.33. The first-order chi connectivity index (χ1) is 12.3. The first-order valence-electron chi connectivity index (χ1n) is 9.09. The summed E-state index contributed by atoms with van der Waals surface area (Å²) in [5.74, 6) is 0.0439. The summed E-state index contributed by atoms with van der Waals surface area (Å²) < 4.78 is 28.7. The number of anilines is 1. The van der Waals surface area contributed by atoms with Crippen molar-refractivity contribution in [3.63, 3.8) is 0 Å². The van der Waals surface area contributed by atoms with Crippen LogP contribution >= 0.6 is 0 Å². The summed E-state index contributed by atoms with van der Waals surface area (Å²) in [6, 6.07) is 1.77. The highest BCUT2D eigenvalue weighted by molar-refractivity contribution is 7.86. The van der Waals surface area contributed by atoms with E-state index >= 15 is 0 Å². The van der Waals surface area contributed by atoms with Crippen molar-refractivity contribution in [3.05, 3.63) is 22.9 Å². The number of rotatable bonds is 4. The first-order valence-corrected chi connectivity index (χ1v) is 10.5. The second kappa shape index (κ2) is 7.50. The average Bonchev–Trinajstić information content (AvgIpc) is 3.02. The fourth-order valence-corrected chi connectivity index (χ4v) is 5.25. The molecule has 9 heteroatoms. The maximum absolute atomic E-state index is 12.8. The minimum Gasteiger partial charge on any atom is -0.365 e. The van der Waals surface area contributed by atoms with Crippen molar-refractivity contribution >= 4 is 21.9 Å². The largest absolute Gasteiger partial charge is 0.365 e. The molecule has 0 aromatic carbocycles. The Morgan fingerprint density at radius 1 is 1.00 bits per heavy atom. The highest BCUT2D eigenvalue weighted by atomic mass is 32.2. The molecule has 0 bridgehead atoms. The standard InChI is InChI=1S/C17H27N5O3S/c1-13-12-15(16(18)23)17(19-14(13)2)20-6-5-9-22(11-10-20)26(24,25)21-7-3-4-8-21/h12H,3-11H2,1-2H3,(H2,18,23). The van der Waals surface area contributed by atoms with E-state index in [0.29, 0.717) is 57.1 Å². The Kier molecular flexibility index (Phi) is 5.50. The zero-order valence-corrected chi connectivity index (χ0v) is 16.3. The van der Waals surface area contributed by atoms with Crippen molar-refractivity contribution in [1.82, 2.24) is 13.6 Å². The van der Waals surface area contributed by atoms with E-state index in [9.17, 15) is 13.2 Å². The van der Waals surface area contributed by atoms with Gasteiger partial charge in [-0.2, -0.15) is 17.0 Å². The Labute approximate surface area is 155 Å². The predicted octanol–water partition coefficient (Wildman–Crippen LogP) is 0.650. The Bertz CT molecular complexity index is 790. The molecule has 1 amide bonds. The summed E-state index contributed by atoms with van der Waals surface area (Å²) in [5.41, 5.74) is 7.69. The number of pyridine rings is 1. The first kappa shape index (κ1) is 19.1. The van der Waals surface area contributed by atoms with E-state index in [1.54, 1.807) is 14.7 Å². The van der Waals surface area contributed by atoms with Gasteiger partial charge < -0.3 is 10.6 Å². The number of primary amides is 1. The van der Waals surface area contributed by atoms with Gasteiger partial charge in [-0.3, -0.25) is 4.79 Å². The predicted molar refractivity (Wildman–Crippen MR) is 100 cm³/mol.